The van der Waals surface area contributed by atoms with Gasteiger partial charge in [0.2, 0.25) is 0 Å². The monoisotopic (exact) mass is 351 g/mol. The van der Waals surface area contributed by atoms with E-state index in [-0.39, 0.29) is 6.10 Å². The summed E-state index contributed by atoms with van der Waals surface area (Å²) in [6.45, 7) is 3.50. The molecule has 0 bridgehead atoms. The second-order valence-corrected chi connectivity index (χ2v) is 7.57. The maximum atomic E-state index is 10.4. The van der Waals surface area contributed by atoms with Crippen molar-refractivity contribution in [2.24, 2.45) is 11.8 Å². The van der Waals surface area contributed by atoms with Crippen LogP contribution in [0.5, 0.6) is 0 Å². The molecular formula is C18H26BrNO. The highest BCUT2D eigenvalue weighted by Gasteiger charge is 2.31. The fourth-order valence-electron chi connectivity index (χ4n) is 4.08. The Balaban J connectivity index is 1.50. The predicted molar refractivity (Wildman–Crippen MR) is 90.2 cm³/mol. The van der Waals surface area contributed by atoms with Crippen LogP contribution in [0.2, 0.25) is 0 Å². The summed E-state index contributed by atoms with van der Waals surface area (Å²) in [6, 6.07) is 8.01. The number of piperidine rings is 1. The zero-order valence-corrected chi connectivity index (χ0v) is 14.3. The number of hydrogen-bond donors (Lipinski definition) is 1. The van der Waals surface area contributed by atoms with Crippen molar-refractivity contribution in [3.63, 3.8) is 0 Å². The highest BCUT2D eigenvalue weighted by Crippen LogP contribution is 2.36. The SMILES string of the molecule is OC(CCN1CCC2CCCCC2C1)c1ccccc1Br. The van der Waals surface area contributed by atoms with E-state index in [9.17, 15) is 5.11 Å². The average molecular weight is 352 g/mol. The van der Waals surface area contributed by atoms with Crippen LogP contribution in [-0.2, 0) is 0 Å². The van der Waals surface area contributed by atoms with E-state index in [1.165, 1.54) is 45.2 Å². The number of benzene rings is 1. The molecule has 1 saturated heterocycles. The number of hydrogen-bond acceptors (Lipinski definition) is 2. The van der Waals surface area contributed by atoms with Gasteiger partial charge in [0.1, 0.15) is 0 Å². The second-order valence-electron chi connectivity index (χ2n) is 6.72. The maximum Gasteiger partial charge on any atom is 0.0813 e. The Morgan fingerprint density at radius 3 is 2.71 bits per heavy atom. The van der Waals surface area contributed by atoms with E-state index in [0.717, 1.165) is 34.8 Å². The fraction of sp³-hybridized carbons (Fsp3) is 0.667. The van der Waals surface area contributed by atoms with Crippen molar-refractivity contribution < 1.29 is 5.11 Å². The van der Waals surface area contributed by atoms with E-state index in [1.807, 2.05) is 24.3 Å². The third-order valence-corrected chi connectivity index (χ3v) is 6.08. The quantitative estimate of drug-likeness (QED) is 0.869. The minimum Gasteiger partial charge on any atom is -0.388 e. The molecule has 3 atom stereocenters. The first kappa shape index (κ1) is 15.5. The summed E-state index contributed by atoms with van der Waals surface area (Å²) in [5, 5.41) is 10.4. The maximum absolute atomic E-state index is 10.4. The van der Waals surface area contributed by atoms with Gasteiger partial charge in [-0.25, -0.2) is 0 Å². The van der Waals surface area contributed by atoms with Gasteiger partial charge in [-0.2, -0.15) is 0 Å². The van der Waals surface area contributed by atoms with Crippen molar-refractivity contribution in [2.75, 3.05) is 19.6 Å². The topological polar surface area (TPSA) is 23.5 Å². The number of aliphatic hydroxyl groups excluding tert-OH is 1. The Morgan fingerprint density at radius 2 is 1.90 bits per heavy atom. The van der Waals surface area contributed by atoms with Crippen LogP contribution >= 0.6 is 15.9 Å². The van der Waals surface area contributed by atoms with Gasteiger partial charge in [0.15, 0.2) is 0 Å². The van der Waals surface area contributed by atoms with Gasteiger partial charge in [0.25, 0.3) is 0 Å². The Labute approximate surface area is 136 Å². The van der Waals surface area contributed by atoms with Crippen LogP contribution in [0.3, 0.4) is 0 Å². The molecule has 1 aromatic carbocycles. The van der Waals surface area contributed by atoms with E-state index >= 15 is 0 Å². The molecule has 0 spiro atoms. The lowest BCUT2D eigenvalue weighted by Crippen LogP contribution is -2.42. The minimum absolute atomic E-state index is 0.357. The highest BCUT2D eigenvalue weighted by molar-refractivity contribution is 9.10. The number of aliphatic hydroxyl groups is 1. The van der Waals surface area contributed by atoms with E-state index < -0.39 is 0 Å². The van der Waals surface area contributed by atoms with Crippen LogP contribution in [-0.4, -0.2) is 29.6 Å². The van der Waals surface area contributed by atoms with Crippen molar-refractivity contribution in [3.05, 3.63) is 34.3 Å². The first-order chi connectivity index (χ1) is 10.2. The number of likely N-dealkylation sites (tertiary alicyclic amines) is 1. The first-order valence-corrected chi connectivity index (χ1v) is 9.18. The molecule has 2 aliphatic rings. The highest BCUT2D eigenvalue weighted by atomic mass is 79.9. The van der Waals surface area contributed by atoms with Gasteiger partial charge in [0, 0.05) is 17.6 Å². The lowest BCUT2D eigenvalue weighted by molar-refractivity contribution is 0.0703. The smallest absolute Gasteiger partial charge is 0.0813 e. The van der Waals surface area contributed by atoms with Gasteiger partial charge in [-0.3, -0.25) is 0 Å². The summed E-state index contributed by atoms with van der Waals surface area (Å²) in [5.41, 5.74) is 1.02. The standard InChI is InChI=1S/C18H26BrNO/c19-17-8-4-3-7-16(17)18(21)10-12-20-11-9-14-5-1-2-6-15(14)13-20/h3-4,7-8,14-15,18,21H,1-2,5-6,9-13H2. The molecule has 3 heteroatoms. The van der Waals surface area contributed by atoms with Crippen molar-refractivity contribution in [1.29, 1.82) is 0 Å². The summed E-state index contributed by atoms with van der Waals surface area (Å²) in [4.78, 5) is 2.58. The molecule has 21 heavy (non-hydrogen) atoms. The summed E-state index contributed by atoms with van der Waals surface area (Å²) in [5.74, 6) is 1.91. The molecule has 2 nitrogen and oxygen atoms in total. The zero-order chi connectivity index (χ0) is 14.7. The van der Waals surface area contributed by atoms with Crippen LogP contribution in [0.1, 0.15) is 50.2 Å². The van der Waals surface area contributed by atoms with Crippen molar-refractivity contribution >= 4 is 15.9 Å². The van der Waals surface area contributed by atoms with Crippen molar-refractivity contribution in [2.45, 2.75) is 44.6 Å². The van der Waals surface area contributed by atoms with Gasteiger partial charge in [-0.1, -0.05) is 53.4 Å². The van der Waals surface area contributed by atoms with Crippen LogP contribution in [0.25, 0.3) is 0 Å². The molecule has 1 heterocycles. The van der Waals surface area contributed by atoms with Gasteiger partial charge in [-0.15, -0.1) is 0 Å². The molecule has 0 aromatic heterocycles. The largest absolute Gasteiger partial charge is 0.388 e. The van der Waals surface area contributed by atoms with Gasteiger partial charge in [0.05, 0.1) is 6.10 Å². The average Bonchev–Trinajstić information content (AvgIpc) is 2.53. The molecule has 3 rings (SSSR count). The third-order valence-electron chi connectivity index (χ3n) is 5.36. The zero-order valence-electron chi connectivity index (χ0n) is 12.7. The van der Waals surface area contributed by atoms with Gasteiger partial charge >= 0.3 is 0 Å². The van der Waals surface area contributed by atoms with Crippen molar-refractivity contribution in [3.8, 4) is 0 Å². The van der Waals surface area contributed by atoms with Gasteiger partial charge < -0.3 is 10.0 Å². The summed E-state index contributed by atoms with van der Waals surface area (Å²) in [6.07, 6.45) is 7.60. The van der Waals surface area contributed by atoms with Crippen LogP contribution in [0.4, 0.5) is 0 Å². The third kappa shape index (κ3) is 3.88. The lowest BCUT2D eigenvalue weighted by Gasteiger charge is -2.41. The molecule has 2 fully saturated rings. The first-order valence-electron chi connectivity index (χ1n) is 8.39. The van der Waals surface area contributed by atoms with Gasteiger partial charge in [-0.05, 0) is 49.3 Å². The van der Waals surface area contributed by atoms with E-state index in [1.54, 1.807) is 0 Å². The Hall–Kier alpha value is -0.380. The Bertz CT molecular complexity index is 464. The van der Waals surface area contributed by atoms with E-state index in [2.05, 4.69) is 20.8 Å². The Morgan fingerprint density at radius 1 is 1.14 bits per heavy atom. The number of nitrogens with zero attached hydrogens (tertiary/aromatic N) is 1. The van der Waals surface area contributed by atoms with E-state index in [0.29, 0.717) is 0 Å². The van der Waals surface area contributed by atoms with Crippen molar-refractivity contribution in [1.82, 2.24) is 4.90 Å². The molecule has 1 aliphatic carbocycles. The van der Waals surface area contributed by atoms with Crippen LogP contribution in [0.15, 0.2) is 28.7 Å². The summed E-state index contributed by atoms with van der Waals surface area (Å²) in [7, 11) is 0. The van der Waals surface area contributed by atoms with Crippen LogP contribution in [0, 0.1) is 11.8 Å². The summed E-state index contributed by atoms with van der Waals surface area (Å²) < 4.78 is 1.02. The van der Waals surface area contributed by atoms with Crippen LogP contribution < -0.4 is 0 Å². The normalized spacial score (nSPS) is 28.1. The second kappa shape index (κ2) is 7.26. The molecule has 0 radical (unpaired) electrons. The molecule has 1 aliphatic heterocycles. The molecule has 0 amide bonds. The summed E-state index contributed by atoms with van der Waals surface area (Å²) >= 11 is 3.53. The molecule has 1 aromatic rings. The predicted octanol–water partition coefficient (Wildman–Crippen LogP) is 4.38. The fourth-order valence-corrected chi connectivity index (χ4v) is 4.63. The molecule has 3 unspecified atom stereocenters. The Kier molecular flexibility index (Phi) is 5.36. The lowest BCUT2D eigenvalue weighted by atomic mass is 9.75. The molecular weight excluding hydrogens is 326 g/mol. The van der Waals surface area contributed by atoms with E-state index in [4.69, 9.17) is 0 Å². The number of halogens is 1. The molecule has 1 N–H and O–H groups in total. The number of fused-ring (bicyclic) bond motifs is 1. The minimum atomic E-state index is -0.357. The number of rotatable bonds is 4. The molecule has 1 saturated carbocycles. The molecule has 116 valence electrons.